The van der Waals surface area contributed by atoms with Gasteiger partial charge >= 0.3 is 7.32 Å². The zero-order valence-electron chi connectivity index (χ0n) is 5.64. The van der Waals surface area contributed by atoms with E-state index in [9.17, 15) is 0 Å². The largest absolute Gasteiger partial charge is 0.707 e. The fraction of sp³-hybridized carbons (Fsp3) is 0. The Balaban J connectivity index is 2.66. The summed E-state index contributed by atoms with van der Waals surface area (Å²) >= 11 is 0. The summed E-state index contributed by atoms with van der Waals surface area (Å²) in [5.41, 5.74) is 0. The normalized spacial score (nSPS) is 9.27. The van der Waals surface area contributed by atoms with Crippen molar-refractivity contribution in [3.05, 3.63) is 24.3 Å². The van der Waals surface area contributed by atoms with Gasteiger partial charge in [0, 0.05) is 0 Å². The van der Waals surface area contributed by atoms with Gasteiger partial charge in [0.2, 0.25) is 0 Å². The van der Waals surface area contributed by atoms with Crippen LogP contribution in [0.3, 0.4) is 0 Å². The Kier molecular flexibility index (Phi) is 2.35. The molecular weight excluding hydrogens is 147 g/mol. The Morgan fingerprint density at radius 1 is 1.09 bits per heavy atom. The highest BCUT2D eigenvalue weighted by molar-refractivity contribution is 6.33. The third-order valence-corrected chi connectivity index (χ3v) is 1.08. The molecule has 0 fully saturated rings. The molecule has 1 aromatic carbocycles. The van der Waals surface area contributed by atoms with Crippen LogP contribution in [-0.2, 0) is 0 Å². The van der Waals surface area contributed by atoms with Crippen LogP contribution < -0.4 is 4.65 Å². The van der Waals surface area contributed by atoms with Crippen molar-refractivity contribution < 1.29 is 19.8 Å². The van der Waals surface area contributed by atoms with Gasteiger partial charge in [-0.25, -0.2) is 0 Å². The Morgan fingerprint density at radius 3 is 2.09 bits per heavy atom. The van der Waals surface area contributed by atoms with Crippen LogP contribution in [0.2, 0.25) is 0 Å². The molecule has 0 bridgehead atoms. The molecule has 0 saturated carbocycles. The van der Waals surface area contributed by atoms with Gasteiger partial charge in [0.05, 0.1) is 0 Å². The van der Waals surface area contributed by atoms with E-state index in [1.165, 1.54) is 24.3 Å². The van der Waals surface area contributed by atoms with Crippen molar-refractivity contribution in [1.29, 1.82) is 0 Å². The van der Waals surface area contributed by atoms with Gasteiger partial charge in [-0.05, 0) is 24.3 Å². The third-order valence-electron chi connectivity index (χ3n) is 1.08. The maximum Gasteiger partial charge on any atom is 0.707 e. The van der Waals surface area contributed by atoms with E-state index in [1.807, 2.05) is 0 Å². The summed E-state index contributed by atoms with van der Waals surface area (Å²) in [7, 11) is -1.82. The summed E-state index contributed by atoms with van der Waals surface area (Å²) in [6.07, 6.45) is 0. The lowest BCUT2D eigenvalue weighted by Gasteiger charge is -2.02. The predicted molar refractivity (Wildman–Crippen MR) is 38.9 cm³/mol. The highest BCUT2D eigenvalue weighted by Gasteiger charge is 2.10. The lowest BCUT2D eigenvalue weighted by molar-refractivity contribution is 0.288. The summed E-state index contributed by atoms with van der Waals surface area (Å²) in [4.78, 5) is 0. The van der Waals surface area contributed by atoms with Crippen LogP contribution in [0.25, 0.3) is 0 Å². The summed E-state index contributed by atoms with van der Waals surface area (Å²) in [6.45, 7) is 0. The summed E-state index contributed by atoms with van der Waals surface area (Å²) in [5, 5.41) is 25.5. The first-order valence-electron chi connectivity index (χ1n) is 3.00. The zero-order chi connectivity index (χ0) is 8.27. The van der Waals surface area contributed by atoms with Crippen LogP contribution >= 0.6 is 0 Å². The van der Waals surface area contributed by atoms with E-state index in [2.05, 4.69) is 4.65 Å². The molecule has 3 N–H and O–H groups in total. The molecule has 0 amide bonds. The second-order valence-electron chi connectivity index (χ2n) is 1.94. The molecule has 4 nitrogen and oxygen atoms in total. The second-order valence-corrected chi connectivity index (χ2v) is 1.94. The quantitative estimate of drug-likeness (QED) is 0.513. The van der Waals surface area contributed by atoms with Crippen LogP contribution in [0.1, 0.15) is 0 Å². The molecule has 0 aliphatic heterocycles. The summed E-state index contributed by atoms with van der Waals surface area (Å²) in [5.74, 6) is 0.391. The van der Waals surface area contributed by atoms with Crippen LogP contribution in [0.5, 0.6) is 11.5 Å². The number of aromatic hydroxyl groups is 1. The van der Waals surface area contributed by atoms with Crippen molar-refractivity contribution in [1.82, 2.24) is 0 Å². The highest BCUT2D eigenvalue weighted by Crippen LogP contribution is 2.15. The summed E-state index contributed by atoms with van der Waals surface area (Å²) < 4.78 is 4.47. The predicted octanol–water partition coefficient (Wildman–Crippen LogP) is -0.260. The van der Waals surface area contributed by atoms with Gasteiger partial charge in [-0.2, -0.15) is 0 Å². The molecule has 58 valence electrons. The molecule has 0 aliphatic rings. The lowest BCUT2D eigenvalue weighted by atomic mass is 10.2. The number of hydrogen-bond acceptors (Lipinski definition) is 4. The molecule has 0 atom stereocenters. The Bertz CT molecular complexity index is 221. The minimum absolute atomic E-state index is 0.102. The van der Waals surface area contributed by atoms with Gasteiger partial charge in [0.15, 0.2) is 0 Å². The molecular formula is C6H7BO4. The molecule has 5 heteroatoms. The lowest BCUT2D eigenvalue weighted by Crippen LogP contribution is -2.20. The minimum Gasteiger partial charge on any atom is -0.512 e. The molecule has 0 saturated heterocycles. The number of hydrogen-bond donors (Lipinski definition) is 3. The molecule has 0 unspecified atom stereocenters. The molecule has 1 aromatic rings. The van der Waals surface area contributed by atoms with E-state index >= 15 is 0 Å². The molecule has 0 spiro atoms. The first-order valence-corrected chi connectivity index (χ1v) is 3.00. The monoisotopic (exact) mass is 154 g/mol. The van der Waals surface area contributed by atoms with Crippen molar-refractivity contribution in [3.63, 3.8) is 0 Å². The molecule has 0 aliphatic carbocycles. The average molecular weight is 154 g/mol. The fourth-order valence-corrected chi connectivity index (χ4v) is 0.646. The van der Waals surface area contributed by atoms with E-state index < -0.39 is 7.32 Å². The number of benzene rings is 1. The molecule has 11 heavy (non-hydrogen) atoms. The van der Waals surface area contributed by atoms with Crippen LogP contribution in [0, 0.1) is 0 Å². The molecule has 0 aromatic heterocycles. The van der Waals surface area contributed by atoms with Crippen LogP contribution in [0.15, 0.2) is 24.3 Å². The van der Waals surface area contributed by atoms with Gasteiger partial charge in [-0.15, -0.1) is 0 Å². The van der Waals surface area contributed by atoms with E-state index in [1.54, 1.807) is 0 Å². The fourth-order valence-electron chi connectivity index (χ4n) is 0.646. The van der Waals surface area contributed by atoms with Gasteiger partial charge in [0.25, 0.3) is 0 Å². The standard InChI is InChI=1S/C6H7BO4/c8-5-1-3-6(4-2-5)11-7(9)10/h1-4,8-10H. The Morgan fingerprint density at radius 2 is 1.64 bits per heavy atom. The van der Waals surface area contributed by atoms with Crippen LogP contribution in [-0.4, -0.2) is 22.5 Å². The van der Waals surface area contributed by atoms with Gasteiger partial charge in [0.1, 0.15) is 11.5 Å². The van der Waals surface area contributed by atoms with E-state index in [-0.39, 0.29) is 11.5 Å². The first kappa shape index (κ1) is 7.91. The first-order chi connectivity index (χ1) is 5.18. The number of rotatable bonds is 2. The molecule has 1 rings (SSSR count). The van der Waals surface area contributed by atoms with Crippen molar-refractivity contribution in [2.24, 2.45) is 0 Å². The van der Waals surface area contributed by atoms with Gasteiger partial charge in [-0.3, -0.25) is 0 Å². The van der Waals surface area contributed by atoms with Gasteiger partial charge in [-0.1, -0.05) is 0 Å². The smallest absolute Gasteiger partial charge is 0.512 e. The second kappa shape index (κ2) is 3.27. The minimum atomic E-state index is -1.82. The molecule has 0 radical (unpaired) electrons. The van der Waals surface area contributed by atoms with Crippen molar-refractivity contribution in [2.45, 2.75) is 0 Å². The van der Waals surface area contributed by atoms with E-state index in [0.717, 1.165) is 0 Å². The maximum absolute atomic E-state index is 8.81. The SMILES string of the molecule is OB(O)Oc1ccc(O)cc1. The average Bonchev–Trinajstić information content (AvgIpc) is 1.93. The number of phenolic OH excluding ortho intramolecular Hbond substituents is 1. The Labute approximate surface area is 63.9 Å². The maximum atomic E-state index is 8.81. The third kappa shape index (κ3) is 2.49. The van der Waals surface area contributed by atoms with E-state index in [4.69, 9.17) is 15.2 Å². The summed E-state index contributed by atoms with van der Waals surface area (Å²) in [6, 6.07) is 5.62. The topological polar surface area (TPSA) is 69.9 Å². The van der Waals surface area contributed by atoms with E-state index in [0.29, 0.717) is 0 Å². The van der Waals surface area contributed by atoms with Crippen molar-refractivity contribution >= 4 is 7.32 Å². The highest BCUT2D eigenvalue weighted by atomic mass is 16.6. The number of phenols is 1. The van der Waals surface area contributed by atoms with Crippen LogP contribution in [0.4, 0.5) is 0 Å². The van der Waals surface area contributed by atoms with Gasteiger partial charge < -0.3 is 19.8 Å². The Hall–Kier alpha value is -1.20. The molecule has 0 heterocycles. The van der Waals surface area contributed by atoms with Crippen molar-refractivity contribution in [2.75, 3.05) is 0 Å². The zero-order valence-corrected chi connectivity index (χ0v) is 5.64. The van der Waals surface area contributed by atoms with Crippen molar-refractivity contribution in [3.8, 4) is 11.5 Å².